The predicted octanol–water partition coefficient (Wildman–Crippen LogP) is 13.4. The van der Waals surface area contributed by atoms with Crippen molar-refractivity contribution in [3.63, 3.8) is 0 Å². The largest absolute Gasteiger partial charge is 0.309 e. The smallest absolute Gasteiger partial charge is 0.0547 e. The van der Waals surface area contributed by atoms with Crippen LogP contribution in [-0.4, -0.2) is 9.13 Å². The van der Waals surface area contributed by atoms with Gasteiger partial charge < -0.3 is 9.13 Å². The maximum absolute atomic E-state index is 2.51. The molecule has 2 aromatic heterocycles. The van der Waals surface area contributed by atoms with E-state index in [1.165, 1.54) is 82.8 Å². The Morgan fingerprint density at radius 2 is 0.920 bits per heavy atom. The third-order valence-corrected chi connectivity index (χ3v) is 10.5. The van der Waals surface area contributed by atoms with Crippen LogP contribution in [-0.2, 0) is 16.2 Å². The normalized spacial score (nSPS) is 12.9. The van der Waals surface area contributed by atoms with E-state index in [1.807, 2.05) is 0 Å². The highest BCUT2D eigenvalue weighted by Crippen LogP contribution is 2.47. The Morgan fingerprint density at radius 3 is 1.48 bits per heavy atom. The monoisotopic (exact) mass is 652 g/mol. The number of para-hydroxylation sites is 3. The number of fused-ring (bicyclic) bond motifs is 6. The van der Waals surface area contributed by atoms with Crippen molar-refractivity contribution in [1.29, 1.82) is 0 Å². The van der Waals surface area contributed by atoms with E-state index in [1.54, 1.807) is 0 Å². The summed E-state index contributed by atoms with van der Waals surface area (Å²) in [5.74, 6) is 0. The average molecular weight is 653 g/mol. The van der Waals surface area contributed by atoms with Gasteiger partial charge in [-0.15, -0.1) is 0 Å². The molecule has 2 heterocycles. The van der Waals surface area contributed by atoms with Crippen LogP contribution in [0.25, 0.3) is 66.1 Å². The van der Waals surface area contributed by atoms with Crippen molar-refractivity contribution in [2.24, 2.45) is 0 Å². The van der Waals surface area contributed by atoms with Gasteiger partial charge in [-0.2, -0.15) is 0 Å². The number of benzene rings is 6. The Morgan fingerprint density at radius 1 is 0.400 bits per heavy atom. The Bertz CT molecular complexity index is 2490. The van der Waals surface area contributed by atoms with Gasteiger partial charge in [0.05, 0.1) is 27.8 Å². The van der Waals surface area contributed by atoms with Gasteiger partial charge in [0.1, 0.15) is 0 Å². The van der Waals surface area contributed by atoms with E-state index in [0.29, 0.717) is 0 Å². The molecule has 8 rings (SSSR count). The molecule has 0 unspecified atom stereocenters. The summed E-state index contributed by atoms with van der Waals surface area (Å²) in [5, 5.41) is 5.20. The fraction of sp³-hybridized carbons (Fsp3) is 0.250. The van der Waals surface area contributed by atoms with Crippen molar-refractivity contribution in [2.75, 3.05) is 0 Å². The second kappa shape index (κ2) is 11.2. The number of hydrogen-bond acceptors (Lipinski definition) is 0. The summed E-state index contributed by atoms with van der Waals surface area (Å²) in [4.78, 5) is 0. The maximum Gasteiger partial charge on any atom is 0.0547 e. The zero-order valence-corrected chi connectivity index (χ0v) is 31.0. The summed E-state index contributed by atoms with van der Waals surface area (Å²) in [6.07, 6.45) is 0. The van der Waals surface area contributed by atoms with E-state index < -0.39 is 0 Å². The molecule has 0 aliphatic heterocycles. The third-order valence-electron chi connectivity index (χ3n) is 10.5. The SMILES string of the molecule is CC(C)(C)c1cc(-c2cccc3c2c2c(C(C)(C)C)c(-n4c5ccccc5c5ccccc54)ccc2n3-c2ccccc2)cc(C(C)(C)C)c1. The summed E-state index contributed by atoms with van der Waals surface area (Å²) in [6, 6.07) is 47.6. The average Bonchev–Trinajstić information content (AvgIpc) is 3.60. The van der Waals surface area contributed by atoms with Crippen molar-refractivity contribution < 1.29 is 0 Å². The molecule has 0 radical (unpaired) electrons. The Labute approximate surface area is 297 Å². The summed E-state index contributed by atoms with van der Waals surface area (Å²) >= 11 is 0. The van der Waals surface area contributed by atoms with Crippen molar-refractivity contribution in [3.05, 3.63) is 144 Å². The Balaban J connectivity index is 1.59. The minimum absolute atomic E-state index is 0.0161. The highest BCUT2D eigenvalue weighted by molar-refractivity contribution is 6.19. The van der Waals surface area contributed by atoms with Gasteiger partial charge in [-0.1, -0.05) is 147 Å². The quantitative estimate of drug-likeness (QED) is 0.180. The highest BCUT2D eigenvalue weighted by atomic mass is 15.0. The van der Waals surface area contributed by atoms with Gasteiger partial charge in [0, 0.05) is 27.2 Å². The zero-order chi connectivity index (χ0) is 35.2. The molecule has 0 spiro atoms. The zero-order valence-electron chi connectivity index (χ0n) is 31.0. The van der Waals surface area contributed by atoms with E-state index in [-0.39, 0.29) is 16.2 Å². The van der Waals surface area contributed by atoms with E-state index in [4.69, 9.17) is 0 Å². The molecule has 0 atom stereocenters. The first-order valence-corrected chi connectivity index (χ1v) is 18.0. The van der Waals surface area contributed by atoms with Crippen LogP contribution in [0.15, 0.2) is 127 Å². The van der Waals surface area contributed by atoms with Gasteiger partial charge in [0.2, 0.25) is 0 Å². The first-order chi connectivity index (χ1) is 23.7. The lowest BCUT2D eigenvalue weighted by Crippen LogP contribution is -2.16. The number of nitrogens with zero attached hydrogens (tertiary/aromatic N) is 2. The van der Waals surface area contributed by atoms with Crippen LogP contribution >= 0.6 is 0 Å². The first-order valence-electron chi connectivity index (χ1n) is 18.0. The molecule has 50 heavy (non-hydrogen) atoms. The molecule has 6 aromatic carbocycles. The first kappa shape index (κ1) is 32.1. The van der Waals surface area contributed by atoms with Crippen molar-refractivity contribution in [3.8, 4) is 22.5 Å². The van der Waals surface area contributed by atoms with E-state index in [9.17, 15) is 0 Å². The minimum atomic E-state index is -0.173. The van der Waals surface area contributed by atoms with Gasteiger partial charge in [-0.25, -0.2) is 0 Å². The summed E-state index contributed by atoms with van der Waals surface area (Å²) in [5.41, 5.74) is 13.9. The van der Waals surface area contributed by atoms with Crippen molar-refractivity contribution in [2.45, 2.75) is 78.6 Å². The lowest BCUT2D eigenvalue weighted by molar-refractivity contribution is 0.569. The Kier molecular flexibility index (Phi) is 7.21. The fourth-order valence-electron chi connectivity index (χ4n) is 8.01. The molecule has 0 saturated carbocycles. The van der Waals surface area contributed by atoms with Gasteiger partial charge in [-0.3, -0.25) is 0 Å². The van der Waals surface area contributed by atoms with Crippen LogP contribution in [0.1, 0.15) is 79.0 Å². The van der Waals surface area contributed by atoms with Crippen LogP contribution in [0.5, 0.6) is 0 Å². The van der Waals surface area contributed by atoms with E-state index in [2.05, 4.69) is 199 Å². The molecule has 250 valence electrons. The van der Waals surface area contributed by atoms with Crippen LogP contribution in [0, 0.1) is 0 Å². The van der Waals surface area contributed by atoms with Gasteiger partial charge in [0.25, 0.3) is 0 Å². The van der Waals surface area contributed by atoms with E-state index in [0.717, 1.165) is 0 Å². The Hall–Kier alpha value is -5.08. The molecule has 2 nitrogen and oxygen atoms in total. The van der Waals surface area contributed by atoms with Gasteiger partial charge >= 0.3 is 0 Å². The van der Waals surface area contributed by atoms with Crippen LogP contribution < -0.4 is 0 Å². The second-order valence-electron chi connectivity index (χ2n) is 17.1. The molecule has 2 heteroatoms. The highest BCUT2D eigenvalue weighted by Gasteiger charge is 2.29. The van der Waals surface area contributed by atoms with Crippen LogP contribution in [0.2, 0.25) is 0 Å². The van der Waals surface area contributed by atoms with Crippen LogP contribution in [0.3, 0.4) is 0 Å². The number of hydrogen-bond donors (Lipinski definition) is 0. The third kappa shape index (κ3) is 5.07. The van der Waals surface area contributed by atoms with E-state index >= 15 is 0 Å². The molecule has 0 fully saturated rings. The summed E-state index contributed by atoms with van der Waals surface area (Å²) < 4.78 is 4.99. The fourth-order valence-corrected chi connectivity index (χ4v) is 8.01. The lowest BCUT2D eigenvalue weighted by Gasteiger charge is -2.27. The molecular formula is C48H48N2. The lowest BCUT2D eigenvalue weighted by atomic mass is 9.78. The molecular weight excluding hydrogens is 605 g/mol. The molecule has 0 N–H and O–H groups in total. The second-order valence-corrected chi connectivity index (χ2v) is 17.1. The van der Waals surface area contributed by atoms with Gasteiger partial charge in [0.15, 0.2) is 0 Å². The minimum Gasteiger partial charge on any atom is -0.309 e. The summed E-state index contributed by atoms with van der Waals surface area (Å²) in [7, 11) is 0. The predicted molar refractivity (Wildman–Crippen MR) is 217 cm³/mol. The standard InChI is InChI=1S/C48H48N2/c1-46(2,3)32-28-31(29-33(30-32)47(4,5)6)35-22-17-25-40-43(35)44-41(49(40)34-18-11-10-12-19-34)26-27-42(45(44)48(7,8)9)50-38-23-15-13-20-36(38)37-21-14-16-24-39(37)50/h10-30H,1-9H3. The number of rotatable bonds is 3. The molecule has 8 aromatic rings. The van der Waals surface area contributed by atoms with Crippen molar-refractivity contribution in [1.82, 2.24) is 9.13 Å². The summed E-state index contributed by atoms with van der Waals surface area (Å²) in [6.45, 7) is 21.1. The topological polar surface area (TPSA) is 9.86 Å². The molecule has 0 aliphatic rings. The maximum atomic E-state index is 2.51. The molecule has 0 amide bonds. The molecule has 0 bridgehead atoms. The molecule has 0 saturated heterocycles. The van der Waals surface area contributed by atoms with Gasteiger partial charge in [-0.05, 0) is 86.5 Å². The molecule has 0 aliphatic carbocycles. The van der Waals surface area contributed by atoms with Crippen molar-refractivity contribution >= 4 is 43.6 Å². The number of aromatic nitrogens is 2. The van der Waals surface area contributed by atoms with Crippen LogP contribution in [0.4, 0.5) is 0 Å².